The van der Waals surface area contributed by atoms with Crippen molar-refractivity contribution >= 4 is 70.1 Å². The number of aromatic nitrogens is 2. The van der Waals surface area contributed by atoms with Crippen LogP contribution in [0.3, 0.4) is 0 Å². The van der Waals surface area contributed by atoms with Crippen molar-refractivity contribution in [3.63, 3.8) is 0 Å². The molecule has 0 atom stereocenters. The molecule has 0 aliphatic carbocycles. The monoisotopic (exact) mass is 704 g/mol. The van der Waals surface area contributed by atoms with Crippen molar-refractivity contribution in [2.45, 2.75) is 39.3 Å². The topological polar surface area (TPSA) is 9.86 Å². The van der Waals surface area contributed by atoms with Crippen LogP contribution in [-0.2, 0) is 0 Å². The average Bonchev–Trinajstić information content (AvgIpc) is 3.67. The summed E-state index contributed by atoms with van der Waals surface area (Å²) >= 11 is 0. The van der Waals surface area contributed by atoms with E-state index in [-0.39, 0.29) is 0 Å². The van der Waals surface area contributed by atoms with Crippen LogP contribution in [0, 0.1) is 0 Å². The number of rotatable bonds is 6. The molecule has 0 aliphatic heterocycles. The molecule has 9 aromatic rings. The lowest BCUT2D eigenvalue weighted by Gasteiger charge is -2.18. The zero-order valence-corrected chi connectivity index (χ0v) is 32.9. The Morgan fingerprint density at radius 1 is 0.308 bits per heavy atom. The molecule has 0 saturated heterocycles. The fraction of sp³-hybridized carbons (Fsp3) is 0.125. The molecule has 0 radical (unpaired) electrons. The Kier molecular flexibility index (Phi) is 7.55. The Hall–Kier alpha value is -5.43. The first-order valence-electron chi connectivity index (χ1n) is 18.4. The van der Waals surface area contributed by atoms with E-state index in [1.54, 1.807) is 0 Å². The van der Waals surface area contributed by atoms with Gasteiger partial charge < -0.3 is 9.13 Å². The molecular formula is C48H44N2Si2. The quantitative estimate of drug-likeness (QED) is 0.153. The molecule has 0 aliphatic rings. The van der Waals surface area contributed by atoms with Gasteiger partial charge in [-0.25, -0.2) is 0 Å². The van der Waals surface area contributed by atoms with Crippen LogP contribution in [0.15, 0.2) is 158 Å². The highest BCUT2D eigenvalue weighted by molar-refractivity contribution is 6.89. The third-order valence-corrected chi connectivity index (χ3v) is 14.9. The molecule has 0 spiro atoms. The van der Waals surface area contributed by atoms with Crippen molar-refractivity contribution in [1.82, 2.24) is 9.13 Å². The Morgan fingerprint density at radius 3 is 1.31 bits per heavy atom. The van der Waals surface area contributed by atoms with E-state index in [0.717, 1.165) is 0 Å². The predicted octanol–water partition coefficient (Wildman–Crippen LogP) is 12.3. The fourth-order valence-corrected chi connectivity index (χ4v) is 10.3. The Balaban J connectivity index is 1.27. The van der Waals surface area contributed by atoms with Gasteiger partial charge in [0.15, 0.2) is 0 Å². The molecule has 2 heterocycles. The zero-order chi connectivity index (χ0) is 35.8. The first kappa shape index (κ1) is 32.5. The van der Waals surface area contributed by atoms with Crippen LogP contribution in [0.5, 0.6) is 0 Å². The summed E-state index contributed by atoms with van der Waals surface area (Å²) in [6, 6.07) is 59.2. The van der Waals surface area contributed by atoms with Crippen LogP contribution in [0.1, 0.15) is 0 Å². The number of hydrogen-bond donors (Lipinski definition) is 0. The largest absolute Gasteiger partial charge is 0.309 e. The van der Waals surface area contributed by atoms with Gasteiger partial charge in [-0.2, -0.15) is 0 Å². The lowest BCUT2D eigenvalue weighted by Crippen LogP contribution is -2.37. The molecule has 52 heavy (non-hydrogen) atoms. The van der Waals surface area contributed by atoms with Crippen molar-refractivity contribution in [2.24, 2.45) is 0 Å². The van der Waals surface area contributed by atoms with Crippen molar-refractivity contribution < 1.29 is 0 Å². The van der Waals surface area contributed by atoms with Crippen molar-refractivity contribution in [3.05, 3.63) is 158 Å². The summed E-state index contributed by atoms with van der Waals surface area (Å²) in [6.45, 7) is 14.6. The third-order valence-electron chi connectivity index (χ3n) is 10.8. The molecule has 0 amide bonds. The molecule has 0 N–H and O–H groups in total. The van der Waals surface area contributed by atoms with Gasteiger partial charge in [0.1, 0.15) is 0 Å². The standard InChI is InChI=1S/C48H44N2Si2/c1-51(2,3)39-23-25-47-43(31-39)41-19-10-12-21-45(41)49(47)37-18-14-17-34(28-37)36-27-35(33-15-8-7-9-16-33)29-38(30-36)50-46-22-13-11-20-42(46)44-32-40(52(4,5)6)24-26-48(44)50/h7-32H,1-6H3. The molecule has 0 saturated carbocycles. The number of fused-ring (bicyclic) bond motifs is 6. The van der Waals surface area contributed by atoms with Gasteiger partial charge in [-0.3, -0.25) is 0 Å². The Morgan fingerprint density at radius 2 is 0.750 bits per heavy atom. The Labute approximate surface area is 308 Å². The first-order valence-corrected chi connectivity index (χ1v) is 25.4. The van der Waals surface area contributed by atoms with Crippen LogP contribution in [-0.4, -0.2) is 25.3 Å². The van der Waals surface area contributed by atoms with E-state index < -0.39 is 16.1 Å². The maximum Gasteiger partial charge on any atom is 0.0776 e. The van der Waals surface area contributed by atoms with Crippen LogP contribution in [0.2, 0.25) is 39.3 Å². The lowest BCUT2D eigenvalue weighted by molar-refractivity contribution is 1.17. The van der Waals surface area contributed by atoms with E-state index in [1.807, 2.05) is 0 Å². The van der Waals surface area contributed by atoms with Crippen LogP contribution in [0.25, 0.3) is 77.2 Å². The number of nitrogens with zero attached hydrogens (tertiary/aromatic N) is 2. The van der Waals surface area contributed by atoms with E-state index in [2.05, 4.69) is 206 Å². The van der Waals surface area contributed by atoms with Gasteiger partial charge in [0.05, 0.1) is 38.2 Å². The van der Waals surface area contributed by atoms with E-state index >= 15 is 0 Å². The molecule has 7 aromatic carbocycles. The molecule has 4 heteroatoms. The summed E-state index contributed by atoms with van der Waals surface area (Å²) in [5.74, 6) is 0. The SMILES string of the molecule is C[Si](C)(C)c1ccc2c(c1)c1ccccc1n2-c1cccc(-c2cc(-c3ccccc3)cc(-n3c4ccccc4c4cc([Si](C)(C)C)ccc43)c2)c1. The van der Waals surface area contributed by atoms with Gasteiger partial charge in [-0.15, -0.1) is 0 Å². The molecule has 9 rings (SSSR count). The summed E-state index contributed by atoms with van der Waals surface area (Å²) in [7, 11) is -2.98. The lowest BCUT2D eigenvalue weighted by atomic mass is 9.97. The first-order chi connectivity index (χ1) is 25.0. The van der Waals surface area contributed by atoms with Gasteiger partial charge in [0.2, 0.25) is 0 Å². The average molecular weight is 705 g/mol. The summed E-state index contributed by atoms with van der Waals surface area (Å²) < 4.78 is 4.93. The van der Waals surface area contributed by atoms with Gasteiger partial charge in [0, 0.05) is 32.9 Å². The second kappa shape index (κ2) is 12.1. The number of hydrogen-bond acceptors (Lipinski definition) is 0. The number of benzene rings is 7. The summed E-state index contributed by atoms with van der Waals surface area (Å²) in [6.07, 6.45) is 0. The van der Waals surface area contributed by atoms with Crippen molar-refractivity contribution in [2.75, 3.05) is 0 Å². The molecule has 0 fully saturated rings. The molecular weight excluding hydrogens is 661 g/mol. The van der Waals surface area contributed by atoms with E-state index in [0.29, 0.717) is 0 Å². The maximum atomic E-state index is 2.47. The van der Waals surface area contributed by atoms with Gasteiger partial charge in [-0.05, 0) is 76.9 Å². The molecule has 254 valence electrons. The van der Waals surface area contributed by atoms with E-state index in [1.165, 1.54) is 87.6 Å². The smallest absolute Gasteiger partial charge is 0.0776 e. The fourth-order valence-electron chi connectivity index (χ4n) is 7.96. The van der Waals surface area contributed by atoms with Gasteiger partial charge in [-0.1, -0.05) is 153 Å². The molecule has 0 unspecified atom stereocenters. The molecule has 0 bridgehead atoms. The molecule has 2 nitrogen and oxygen atoms in total. The minimum absolute atomic E-state index is 1.17. The van der Waals surface area contributed by atoms with E-state index in [9.17, 15) is 0 Å². The van der Waals surface area contributed by atoms with Crippen LogP contribution in [0.4, 0.5) is 0 Å². The van der Waals surface area contributed by atoms with Crippen molar-refractivity contribution in [3.8, 4) is 33.6 Å². The highest BCUT2D eigenvalue weighted by atomic mass is 28.3. The molecule has 2 aromatic heterocycles. The minimum atomic E-state index is -1.50. The van der Waals surface area contributed by atoms with Gasteiger partial charge in [0.25, 0.3) is 0 Å². The van der Waals surface area contributed by atoms with Crippen LogP contribution >= 0.6 is 0 Å². The highest BCUT2D eigenvalue weighted by Crippen LogP contribution is 2.38. The predicted molar refractivity (Wildman–Crippen MR) is 232 cm³/mol. The van der Waals surface area contributed by atoms with Crippen LogP contribution < -0.4 is 10.4 Å². The Bertz CT molecular complexity index is 2810. The second-order valence-electron chi connectivity index (χ2n) is 16.4. The summed E-state index contributed by atoms with van der Waals surface area (Å²) in [5, 5.41) is 8.24. The summed E-state index contributed by atoms with van der Waals surface area (Å²) in [5.41, 5.74) is 12.1. The summed E-state index contributed by atoms with van der Waals surface area (Å²) in [4.78, 5) is 0. The third kappa shape index (κ3) is 5.45. The minimum Gasteiger partial charge on any atom is -0.309 e. The van der Waals surface area contributed by atoms with Gasteiger partial charge >= 0.3 is 0 Å². The zero-order valence-electron chi connectivity index (χ0n) is 30.9. The normalized spacial score (nSPS) is 12.4. The highest BCUT2D eigenvalue weighted by Gasteiger charge is 2.22. The second-order valence-corrected chi connectivity index (χ2v) is 26.5. The van der Waals surface area contributed by atoms with Crippen molar-refractivity contribution in [1.29, 1.82) is 0 Å². The number of para-hydroxylation sites is 2. The van der Waals surface area contributed by atoms with E-state index in [4.69, 9.17) is 0 Å². The maximum absolute atomic E-state index is 2.47.